The van der Waals surface area contributed by atoms with E-state index in [-0.39, 0.29) is 0 Å². The quantitative estimate of drug-likeness (QED) is 0.795. The molecular weight excluding hydrogens is 214 g/mol. The van der Waals surface area contributed by atoms with Gasteiger partial charge in [-0.2, -0.15) is 0 Å². The molecule has 1 unspecified atom stereocenters. The van der Waals surface area contributed by atoms with Gasteiger partial charge in [-0.1, -0.05) is 0 Å². The van der Waals surface area contributed by atoms with Crippen LogP contribution in [0.4, 0.5) is 0 Å². The Labute approximate surface area is 103 Å². The molecule has 1 aliphatic heterocycles. The van der Waals surface area contributed by atoms with Gasteiger partial charge in [0, 0.05) is 46.0 Å². The highest BCUT2D eigenvalue weighted by Crippen LogP contribution is 2.20. The van der Waals surface area contributed by atoms with Gasteiger partial charge in [0.25, 0.3) is 0 Å². The molecule has 1 fully saturated rings. The maximum absolute atomic E-state index is 4.23. The third-order valence-electron chi connectivity index (χ3n) is 3.57. The molecule has 1 atom stereocenters. The minimum atomic E-state index is 0.432. The molecular formula is C12H23N5. The molecule has 5 nitrogen and oxygen atoms in total. The number of nitrogens with one attached hydrogen (secondary N) is 1. The summed E-state index contributed by atoms with van der Waals surface area (Å²) < 4.78 is 2.13. The summed E-state index contributed by atoms with van der Waals surface area (Å²) in [5.74, 6) is 0. The van der Waals surface area contributed by atoms with Crippen LogP contribution in [0.15, 0.2) is 12.5 Å². The summed E-state index contributed by atoms with van der Waals surface area (Å²) in [5.41, 5.74) is 1.30. The first-order valence-electron chi connectivity index (χ1n) is 6.25. The van der Waals surface area contributed by atoms with Crippen molar-refractivity contribution in [3.63, 3.8) is 0 Å². The first-order valence-corrected chi connectivity index (χ1v) is 6.25. The molecule has 0 radical (unpaired) electrons. The second kappa shape index (κ2) is 5.62. The maximum Gasteiger partial charge on any atom is 0.0946 e. The summed E-state index contributed by atoms with van der Waals surface area (Å²) in [6, 6.07) is 0.432. The highest BCUT2D eigenvalue weighted by molar-refractivity contribution is 5.06. The van der Waals surface area contributed by atoms with Crippen LogP contribution in [0, 0.1) is 0 Å². The second-order valence-corrected chi connectivity index (χ2v) is 4.84. The van der Waals surface area contributed by atoms with Crippen LogP contribution in [0.5, 0.6) is 0 Å². The number of hydrogen-bond acceptors (Lipinski definition) is 4. The van der Waals surface area contributed by atoms with Crippen LogP contribution in [0.3, 0.4) is 0 Å². The smallest absolute Gasteiger partial charge is 0.0946 e. The molecule has 1 saturated heterocycles. The minimum Gasteiger partial charge on any atom is -0.336 e. The lowest BCUT2D eigenvalue weighted by atomic mass is 10.1. The molecule has 5 heteroatoms. The number of likely N-dealkylation sites (N-methyl/N-ethyl adjacent to an activating group) is 2. The molecule has 0 aromatic carbocycles. The number of nitrogens with zero attached hydrogens (tertiary/aromatic N) is 4. The fourth-order valence-electron chi connectivity index (χ4n) is 2.44. The van der Waals surface area contributed by atoms with Crippen LogP contribution < -0.4 is 5.32 Å². The van der Waals surface area contributed by atoms with Crippen molar-refractivity contribution in [3.8, 4) is 0 Å². The van der Waals surface area contributed by atoms with Crippen molar-refractivity contribution in [2.75, 3.05) is 46.8 Å². The normalized spacial score (nSPS) is 20.6. The highest BCUT2D eigenvalue weighted by Gasteiger charge is 2.24. The van der Waals surface area contributed by atoms with E-state index in [0.29, 0.717) is 6.04 Å². The Kier molecular flexibility index (Phi) is 4.15. The first kappa shape index (κ1) is 12.5. The largest absolute Gasteiger partial charge is 0.336 e. The van der Waals surface area contributed by atoms with E-state index in [9.17, 15) is 0 Å². The van der Waals surface area contributed by atoms with E-state index in [0.717, 1.165) is 32.7 Å². The van der Waals surface area contributed by atoms with E-state index < -0.39 is 0 Å². The number of rotatable bonds is 4. The average molecular weight is 237 g/mol. The maximum atomic E-state index is 4.23. The number of aryl methyl sites for hydroxylation is 1. The average Bonchev–Trinajstić information content (AvgIpc) is 2.74. The van der Waals surface area contributed by atoms with Crippen molar-refractivity contribution in [2.24, 2.45) is 7.05 Å². The van der Waals surface area contributed by atoms with Crippen molar-refractivity contribution < 1.29 is 0 Å². The summed E-state index contributed by atoms with van der Waals surface area (Å²) >= 11 is 0. The Morgan fingerprint density at radius 3 is 2.53 bits per heavy atom. The lowest BCUT2D eigenvalue weighted by Gasteiger charge is -2.38. The summed E-state index contributed by atoms with van der Waals surface area (Å²) in [7, 11) is 6.27. The standard InChI is InChI=1S/C12H23N5/c1-13-8-12(11-9-14-10-16(11)3)17-6-4-15(2)5-7-17/h9-10,12-13H,4-8H2,1-3H3. The van der Waals surface area contributed by atoms with Gasteiger partial charge >= 0.3 is 0 Å². The molecule has 1 N–H and O–H groups in total. The number of imidazole rings is 1. The molecule has 0 amide bonds. The zero-order chi connectivity index (χ0) is 12.3. The van der Waals surface area contributed by atoms with Gasteiger partial charge in [-0.05, 0) is 14.1 Å². The van der Waals surface area contributed by atoms with E-state index in [2.05, 4.69) is 38.8 Å². The predicted octanol–water partition coefficient (Wildman–Crippen LogP) is -0.0720. The van der Waals surface area contributed by atoms with Crippen molar-refractivity contribution in [1.29, 1.82) is 0 Å². The molecule has 96 valence electrons. The minimum absolute atomic E-state index is 0.432. The van der Waals surface area contributed by atoms with Crippen LogP contribution in [-0.2, 0) is 7.05 Å². The van der Waals surface area contributed by atoms with Gasteiger partial charge < -0.3 is 14.8 Å². The van der Waals surface area contributed by atoms with Crippen LogP contribution in [0.2, 0.25) is 0 Å². The lowest BCUT2D eigenvalue weighted by Crippen LogP contribution is -2.48. The van der Waals surface area contributed by atoms with Gasteiger partial charge in [-0.25, -0.2) is 4.98 Å². The number of hydrogen-bond donors (Lipinski definition) is 1. The van der Waals surface area contributed by atoms with Crippen LogP contribution in [0.25, 0.3) is 0 Å². The Morgan fingerprint density at radius 1 is 1.29 bits per heavy atom. The Hall–Kier alpha value is -0.910. The zero-order valence-electron chi connectivity index (χ0n) is 11.1. The molecule has 0 bridgehead atoms. The number of piperazine rings is 1. The summed E-state index contributed by atoms with van der Waals surface area (Å²) in [4.78, 5) is 9.17. The van der Waals surface area contributed by atoms with Gasteiger partial charge in [0.2, 0.25) is 0 Å². The van der Waals surface area contributed by atoms with E-state index in [1.54, 1.807) is 0 Å². The predicted molar refractivity (Wildman–Crippen MR) is 68.9 cm³/mol. The van der Waals surface area contributed by atoms with Crippen molar-refractivity contribution >= 4 is 0 Å². The van der Waals surface area contributed by atoms with Crippen molar-refractivity contribution in [1.82, 2.24) is 24.7 Å². The molecule has 0 aliphatic carbocycles. The van der Waals surface area contributed by atoms with Gasteiger partial charge in [-0.3, -0.25) is 4.90 Å². The zero-order valence-corrected chi connectivity index (χ0v) is 11.1. The SMILES string of the molecule is CNCC(c1cncn1C)N1CCN(C)CC1. The van der Waals surface area contributed by atoms with Crippen LogP contribution in [0.1, 0.15) is 11.7 Å². The fourth-order valence-corrected chi connectivity index (χ4v) is 2.44. The second-order valence-electron chi connectivity index (χ2n) is 4.84. The third kappa shape index (κ3) is 2.86. The summed E-state index contributed by atoms with van der Waals surface area (Å²) in [6.07, 6.45) is 3.87. The number of aromatic nitrogens is 2. The first-order chi connectivity index (χ1) is 8.22. The monoisotopic (exact) mass is 237 g/mol. The summed E-state index contributed by atoms with van der Waals surface area (Å²) in [5, 5.41) is 3.30. The molecule has 0 saturated carbocycles. The molecule has 1 aliphatic rings. The van der Waals surface area contributed by atoms with Crippen LogP contribution in [-0.4, -0.2) is 66.2 Å². The van der Waals surface area contributed by atoms with E-state index in [1.807, 2.05) is 19.6 Å². The molecule has 2 rings (SSSR count). The Morgan fingerprint density at radius 2 is 2.00 bits per heavy atom. The van der Waals surface area contributed by atoms with Gasteiger partial charge in [0.05, 0.1) is 18.1 Å². The topological polar surface area (TPSA) is 36.3 Å². The molecule has 1 aromatic heterocycles. The van der Waals surface area contributed by atoms with E-state index >= 15 is 0 Å². The van der Waals surface area contributed by atoms with Crippen LogP contribution >= 0.6 is 0 Å². The van der Waals surface area contributed by atoms with Gasteiger partial charge in [0.1, 0.15) is 0 Å². The van der Waals surface area contributed by atoms with Gasteiger partial charge in [0.15, 0.2) is 0 Å². The summed E-state index contributed by atoms with van der Waals surface area (Å²) in [6.45, 7) is 5.54. The third-order valence-corrected chi connectivity index (χ3v) is 3.57. The lowest BCUT2D eigenvalue weighted by molar-refractivity contribution is 0.108. The molecule has 2 heterocycles. The van der Waals surface area contributed by atoms with E-state index in [4.69, 9.17) is 0 Å². The van der Waals surface area contributed by atoms with Crippen molar-refractivity contribution in [3.05, 3.63) is 18.2 Å². The Balaban J connectivity index is 2.09. The Bertz CT molecular complexity index is 340. The highest BCUT2D eigenvalue weighted by atomic mass is 15.3. The van der Waals surface area contributed by atoms with Crippen molar-refractivity contribution in [2.45, 2.75) is 6.04 Å². The molecule has 1 aromatic rings. The molecule has 17 heavy (non-hydrogen) atoms. The van der Waals surface area contributed by atoms with Gasteiger partial charge in [-0.15, -0.1) is 0 Å². The fraction of sp³-hybridized carbons (Fsp3) is 0.750. The van der Waals surface area contributed by atoms with E-state index in [1.165, 1.54) is 5.69 Å². The molecule has 0 spiro atoms.